The lowest BCUT2D eigenvalue weighted by molar-refractivity contribution is -0.384. The van der Waals surface area contributed by atoms with Crippen molar-refractivity contribution in [3.63, 3.8) is 0 Å². The third-order valence-electron chi connectivity index (χ3n) is 3.19. The molecule has 0 spiro atoms. The van der Waals surface area contributed by atoms with Gasteiger partial charge in [-0.3, -0.25) is 14.9 Å². The first kappa shape index (κ1) is 11.3. The van der Waals surface area contributed by atoms with Crippen molar-refractivity contribution < 1.29 is 9.72 Å². The fourth-order valence-corrected chi connectivity index (χ4v) is 2.25. The lowest BCUT2D eigenvalue weighted by atomic mass is 10.00. The Morgan fingerprint density at radius 1 is 0.947 bits per heavy atom. The van der Waals surface area contributed by atoms with E-state index in [2.05, 4.69) is 0 Å². The highest BCUT2D eigenvalue weighted by molar-refractivity contribution is 6.05. The molecule has 0 aliphatic rings. The van der Waals surface area contributed by atoms with E-state index in [4.69, 9.17) is 0 Å². The molecule has 3 rings (SSSR count). The Bertz CT molecular complexity index is 824. The van der Waals surface area contributed by atoms with Crippen molar-refractivity contribution in [3.05, 3.63) is 64.2 Å². The summed E-state index contributed by atoms with van der Waals surface area (Å²) < 4.78 is 0. The summed E-state index contributed by atoms with van der Waals surface area (Å²) in [4.78, 5) is 21.4. The molecule has 0 N–H and O–H groups in total. The first-order valence-electron chi connectivity index (χ1n) is 5.75. The minimum atomic E-state index is -0.411. The molecule has 0 heterocycles. The van der Waals surface area contributed by atoms with Crippen LogP contribution in [-0.4, -0.2) is 11.2 Å². The molecule has 19 heavy (non-hydrogen) atoms. The molecule has 3 aromatic carbocycles. The molecule has 4 nitrogen and oxygen atoms in total. The summed E-state index contributed by atoms with van der Waals surface area (Å²) in [5.41, 5.74) is 0.691. The van der Waals surface area contributed by atoms with Gasteiger partial charge in [-0.2, -0.15) is 0 Å². The van der Waals surface area contributed by atoms with Gasteiger partial charge in [0.1, 0.15) is 0 Å². The number of nitrogens with zero attached hydrogens (tertiary/aromatic N) is 1. The number of carbonyl (C=O) groups is 1. The standard InChI is InChI=1S/C15H9NO3/c17-9-12-3-1-2-11-6-13-7-14(16(18)19)5-4-10(13)8-15(11)12/h1-9H. The van der Waals surface area contributed by atoms with Crippen molar-refractivity contribution in [2.24, 2.45) is 0 Å². The van der Waals surface area contributed by atoms with Crippen LogP contribution in [0.4, 0.5) is 5.69 Å². The number of hydrogen-bond acceptors (Lipinski definition) is 3. The van der Waals surface area contributed by atoms with Crippen LogP contribution in [0.2, 0.25) is 0 Å². The van der Waals surface area contributed by atoms with Crippen LogP contribution in [0.5, 0.6) is 0 Å². The predicted molar refractivity (Wildman–Crippen MR) is 73.5 cm³/mol. The molecule has 0 aliphatic heterocycles. The first-order chi connectivity index (χ1) is 9.19. The highest BCUT2D eigenvalue weighted by Crippen LogP contribution is 2.27. The van der Waals surface area contributed by atoms with Crippen LogP contribution in [-0.2, 0) is 0 Å². The highest BCUT2D eigenvalue weighted by atomic mass is 16.6. The van der Waals surface area contributed by atoms with Gasteiger partial charge in [0.15, 0.2) is 6.29 Å². The van der Waals surface area contributed by atoms with E-state index in [9.17, 15) is 14.9 Å². The van der Waals surface area contributed by atoms with Crippen molar-refractivity contribution in [1.82, 2.24) is 0 Å². The van der Waals surface area contributed by atoms with Crippen molar-refractivity contribution in [1.29, 1.82) is 0 Å². The van der Waals surface area contributed by atoms with Crippen LogP contribution in [0.25, 0.3) is 21.5 Å². The van der Waals surface area contributed by atoms with Gasteiger partial charge in [-0.15, -0.1) is 0 Å². The fourth-order valence-electron chi connectivity index (χ4n) is 2.25. The van der Waals surface area contributed by atoms with E-state index in [1.807, 2.05) is 18.2 Å². The topological polar surface area (TPSA) is 60.2 Å². The van der Waals surface area contributed by atoms with Crippen LogP contribution < -0.4 is 0 Å². The zero-order valence-electron chi connectivity index (χ0n) is 9.87. The monoisotopic (exact) mass is 251 g/mol. The molecular formula is C15H9NO3. The summed E-state index contributed by atoms with van der Waals surface area (Å²) in [6, 6.07) is 13.9. The highest BCUT2D eigenvalue weighted by Gasteiger charge is 2.08. The lowest BCUT2D eigenvalue weighted by Gasteiger charge is -2.04. The van der Waals surface area contributed by atoms with Crippen molar-refractivity contribution >= 4 is 33.5 Å². The normalized spacial score (nSPS) is 10.7. The van der Waals surface area contributed by atoms with Gasteiger partial charge in [0.05, 0.1) is 4.92 Å². The quantitative estimate of drug-likeness (QED) is 0.302. The second kappa shape index (κ2) is 4.17. The number of non-ortho nitro benzene ring substituents is 1. The van der Waals surface area contributed by atoms with Crippen molar-refractivity contribution in [2.45, 2.75) is 0 Å². The van der Waals surface area contributed by atoms with Gasteiger partial charge >= 0.3 is 0 Å². The molecule has 4 heteroatoms. The number of benzene rings is 3. The molecule has 92 valence electrons. The largest absolute Gasteiger partial charge is 0.298 e. The van der Waals surface area contributed by atoms with Gasteiger partial charge in [0.2, 0.25) is 0 Å². The summed E-state index contributed by atoms with van der Waals surface area (Å²) in [6.45, 7) is 0. The number of carbonyl (C=O) groups excluding carboxylic acids is 1. The molecule has 0 aliphatic carbocycles. The zero-order valence-corrected chi connectivity index (χ0v) is 9.87. The third-order valence-corrected chi connectivity index (χ3v) is 3.19. The maximum atomic E-state index is 11.0. The SMILES string of the molecule is O=Cc1cccc2cc3cc([N+](=O)[O-])ccc3cc12. The molecule has 0 atom stereocenters. The molecule has 0 fully saturated rings. The number of hydrogen-bond donors (Lipinski definition) is 0. The van der Waals surface area contributed by atoms with Crippen LogP contribution in [0.3, 0.4) is 0 Å². The summed E-state index contributed by atoms with van der Waals surface area (Å²) in [6.07, 6.45) is 0.819. The molecule has 0 amide bonds. The Balaban J connectivity index is 2.37. The number of rotatable bonds is 2. The van der Waals surface area contributed by atoms with Gasteiger partial charge in [0, 0.05) is 17.7 Å². The van der Waals surface area contributed by atoms with E-state index in [-0.39, 0.29) is 5.69 Å². The zero-order chi connectivity index (χ0) is 13.4. The summed E-state index contributed by atoms with van der Waals surface area (Å²) in [5.74, 6) is 0. The summed E-state index contributed by atoms with van der Waals surface area (Å²) in [5, 5.41) is 14.2. The Kier molecular flexibility index (Phi) is 2.49. The van der Waals surface area contributed by atoms with E-state index < -0.39 is 4.92 Å². The van der Waals surface area contributed by atoms with E-state index in [0.29, 0.717) is 5.56 Å². The molecule has 0 bridgehead atoms. The molecule has 0 saturated carbocycles. The van der Waals surface area contributed by atoms with Crippen molar-refractivity contribution in [3.8, 4) is 0 Å². The maximum absolute atomic E-state index is 11.0. The van der Waals surface area contributed by atoms with Crippen LogP contribution in [0.15, 0.2) is 48.5 Å². The Labute approximate surface area is 108 Å². The molecule has 0 aromatic heterocycles. The van der Waals surface area contributed by atoms with E-state index in [1.54, 1.807) is 24.3 Å². The van der Waals surface area contributed by atoms with Gasteiger partial charge in [0.25, 0.3) is 5.69 Å². The van der Waals surface area contributed by atoms with Gasteiger partial charge in [-0.25, -0.2) is 0 Å². The van der Waals surface area contributed by atoms with Crippen molar-refractivity contribution in [2.75, 3.05) is 0 Å². The van der Waals surface area contributed by atoms with Crippen LogP contribution in [0, 0.1) is 10.1 Å². The smallest absolute Gasteiger partial charge is 0.270 e. The Morgan fingerprint density at radius 2 is 1.79 bits per heavy atom. The minimum Gasteiger partial charge on any atom is -0.298 e. The maximum Gasteiger partial charge on any atom is 0.270 e. The number of nitro benzene ring substituents is 1. The van der Waals surface area contributed by atoms with E-state index in [0.717, 1.165) is 27.8 Å². The molecular weight excluding hydrogens is 242 g/mol. The van der Waals surface area contributed by atoms with Gasteiger partial charge in [-0.05, 0) is 39.7 Å². The number of aldehydes is 1. The number of fused-ring (bicyclic) bond motifs is 2. The minimum absolute atomic E-state index is 0.0680. The molecule has 0 saturated heterocycles. The molecule has 0 unspecified atom stereocenters. The number of nitro groups is 1. The average molecular weight is 251 g/mol. The van der Waals surface area contributed by atoms with E-state index in [1.165, 1.54) is 6.07 Å². The predicted octanol–water partition coefficient (Wildman–Crippen LogP) is 3.71. The molecule has 3 aromatic rings. The van der Waals surface area contributed by atoms with Gasteiger partial charge in [-0.1, -0.05) is 18.2 Å². The van der Waals surface area contributed by atoms with Crippen LogP contribution >= 0.6 is 0 Å². The van der Waals surface area contributed by atoms with Gasteiger partial charge < -0.3 is 0 Å². The Morgan fingerprint density at radius 3 is 2.53 bits per heavy atom. The second-order valence-electron chi connectivity index (χ2n) is 4.33. The average Bonchev–Trinajstić information content (AvgIpc) is 2.43. The fraction of sp³-hybridized carbons (Fsp3) is 0. The molecule has 0 radical (unpaired) electrons. The van der Waals surface area contributed by atoms with E-state index >= 15 is 0 Å². The Hall–Kier alpha value is -2.75. The first-order valence-corrected chi connectivity index (χ1v) is 5.75. The van der Waals surface area contributed by atoms with Crippen LogP contribution in [0.1, 0.15) is 10.4 Å². The summed E-state index contributed by atoms with van der Waals surface area (Å²) >= 11 is 0. The second-order valence-corrected chi connectivity index (χ2v) is 4.33. The summed E-state index contributed by atoms with van der Waals surface area (Å²) in [7, 11) is 0. The lowest BCUT2D eigenvalue weighted by Crippen LogP contribution is -1.88. The third kappa shape index (κ3) is 1.83.